The zero-order chi connectivity index (χ0) is 13.0. The molecule has 18 heavy (non-hydrogen) atoms. The largest absolute Gasteiger partial charge is 0.502 e. The standard InChI is InChI=1S/C13H20N2O3/c1-15(10-3-2-5-14-6-4-10)8-11-7-12(16)13(17)9-18-11/h7,9-10,14,17H,2-6,8H2,1H3. The van der Waals surface area contributed by atoms with Crippen LogP contribution in [-0.4, -0.2) is 36.2 Å². The van der Waals surface area contributed by atoms with E-state index >= 15 is 0 Å². The number of hydrogen-bond acceptors (Lipinski definition) is 5. The SMILES string of the molecule is CN(Cc1cc(=O)c(O)co1)C1CCCNCC1. The van der Waals surface area contributed by atoms with Crippen molar-refractivity contribution in [2.45, 2.75) is 31.8 Å². The van der Waals surface area contributed by atoms with Crippen LogP contribution in [0.5, 0.6) is 5.75 Å². The molecule has 5 heteroatoms. The second-order valence-corrected chi connectivity index (χ2v) is 4.85. The van der Waals surface area contributed by atoms with Gasteiger partial charge in [0.1, 0.15) is 12.0 Å². The van der Waals surface area contributed by atoms with Crippen molar-refractivity contribution in [1.82, 2.24) is 10.2 Å². The summed E-state index contributed by atoms with van der Waals surface area (Å²) in [5, 5.41) is 12.5. The Balaban J connectivity index is 1.98. The lowest BCUT2D eigenvalue weighted by molar-refractivity contribution is 0.199. The molecule has 0 bridgehead atoms. The Morgan fingerprint density at radius 2 is 2.33 bits per heavy atom. The monoisotopic (exact) mass is 252 g/mol. The number of aromatic hydroxyl groups is 1. The summed E-state index contributed by atoms with van der Waals surface area (Å²) >= 11 is 0. The molecular weight excluding hydrogens is 232 g/mol. The van der Waals surface area contributed by atoms with Gasteiger partial charge in [0, 0.05) is 12.1 Å². The van der Waals surface area contributed by atoms with Crippen LogP contribution in [0, 0.1) is 0 Å². The number of nitrogens with zero attached hydrogens (tertiary/aromatic N) is 1. The second kappa shape index (κ2) is 6.02. The zero-order valence-corrected chi connectivity index (χ0v) is 10.7. The van der Waals surface area contributed by atoms with E-state index in [2.05, 4.69) is 10.2 Å². The first-order valence-electron chi connectivity index (χ1n) is 6.38. The molecule has 0 saturated carbocycles. The number of hydrogen-bond donors (Lipinski definition) is 2. The van der Waals surface area contributed by atoms with Gasteiger partial charge in [0.15, 0.2) is 5.75 Å². The summed E-state index contributed by atoms with van der Waals surface area (Å²) in [6.45, 7) is 2.72. The van der Waals surface area contributed by atoms with Gasteiger partial charge >= 0.3 is 0 Å². The van der Waals surface area contributed by atoms with Gasteiger partial charge in [-0.3, -0.25) is 9.69 Å². The average molecular weight is 252 g/mol. The van der Waals surface area contributed by atoms with Gasteiger partial charge in [-0.05, 0) is 39.4 Å². The molecule has 0 aliphatic carbocycles. The Labute approximate surface area is 106 Å². The van der Waals surface area contributed by atoms with Gasteiger partial charge in [0.05, 0.1) is 6.54 Å². The van der Waals surface area contributed by atoms with Gasteiger partial charge in [-0.2, -0.15) is 0 Å². The minimum absolute atomic E-state index is 0.333. The lowest BCUT2D eigenvalue weighted by Crippen LogP contribution is -2.32. The maximum absolute atomic E-state index is 11.3. The maximum Gasteiger partial charge on any atom is 0.226 e. The van der Waals surface area contributed by atoms with Crippen molar-refractivity contribution in [3.8, 4) is 5.75 Å². The van der Waals surface area contributed by atoms with E-state index in [1.807, 2.05) is 7.05 Å². The fraction of sp³-hybridized carbons (Fsp3) is 0.615. The predicted octanol–water partition coefficient (Wildman–Crippen LogP) is 0.919. The van der Waals surface area contributed by atoms with E-state index in [4.69, 9.17) is 9.52 Å². The van der Waals surface area contributed by atoms with Crippen molar-refractivity contribution < 1.29 is 9.52 Å². The van der Waals surface area contributed by atoms with E-state index in [-0.39, 0.29) is 11.2 Å². The molecule has 1 fully saturated rings. The molecule has 0 radical (unpaired) electrons. The summed E-state index contributed by atoms with van der Waals surface area (Å²) in [6.07, 6.45) is 4.55. The third-order valence-electron chi connectivity index (χ3n) is 3.44. The summed E-state index contributed by atoms with van der Waals surface area (Å²) in [4.78, 5) is 13.5. The highest BCUT2D eigenvalue weighted by atomic mass is 16.4. The maximum atomic E-state index is 11.3. The predicted molar refractivity (Wildman–Crippen MR) is 68.6 cm³/mol. The molecule has 0 amide bonds. The summed E-state index contributed by atoms with van der Waals surface area (Å²) < 4.78 is 5.22. The molecule has 0 spiro atoms. The minimum Gasteiger partial charge on any atom is -0.502 e. The minimum atomic E-state index is -0.382. The van der Waals surface area contributed by atoms with Gasteiger partial charge in [-0.25, -0.2) is 0 Å². The Morgan fingerprint density at radius 1 is 1.50 bits per heavy atom. The topological polar surface area (TPSA) is 65.7 Å². The Kier molecular flexibility index (Phi) is 4.38. The lowest BCUT2D eigenvalue weighted by Gasteiger charge is -2.26. The van der Waals surface area contributed by atoms with E-state index < -0.39 is 0 Å². The van der Waals surface area contributed by atoms with E-state index in [9.17, 15) is 4.79 Å². The third-order valence-corrected chi connectivity index (χ3v) is 3.44. The molecular formula is C13H20N2O3. The fourth-order valence-corrected chi connectivity index (χ4v) is 2.34. The summed E-state index contributed by atoms with van der Waals surface area (Å²) in [5.74, 6) is 0.262. The Bertz CT molecular complexity index is 436. The first kappa shape index (κ1) is 13.1. The Hall–Kier alpha value is -1.33. The van der Waals surface area contributed by atoms with Crippen LogP contribution in [-0.2, 0) is 6.54 Å². The molecule has 2 heterocycles. The molecule has 2 N–H and O–H groups in total. The normalized spacial score (nSPS) is 20.9. The van der Waals surface area contributed by atoms with E-state index in [1.165, 1.54) is 12.5 Å². The van der Waals surface area contributed by atoms with Crippen LogP contribution < -0.4 is 10.7 Å². The molecule has 1 aliphatic heterocycles. The molecule has 1 aromatic rings. The van der Waals surface area contributed by atoms with Crippen LogP contribution in [0.25, 0.3) is 0 Å². The van der Waals surface area contributed by atoms with Gasteiger partial charge in [0.2, 0.25) is 5.43 Å². The number of rotatable bonds is 3. The van der Waals surface area contributed by atoms with E-state index in [0.29, 0.717) is 18.3 Å². The second-order valence-electron chi connectivity index (χ2n) is 4.85. The highest BCUT2D eigenvalue weighted by Gasteiger charge is 2.17. The summed E-state index contributed by atoms with van der Waals surface area (Å²) in [5.41, 5.74) is -0.382. The molecule has 1 saturated heterocycles. The van der Waals surface area contributed by atoms with E-state index in [1.54, 1.807) is 0 Å². The molecule has 5 nitrogen and oxygen atoms in total. The van der Waals surface area contributed by atoms with Gasteiger partial charge in [0.25, 0.3) is 0 Å². The molecule has 2 rings (SSSR count). The van der Waals surface area contributed by atoms with Crippen LogP contribution in [0.1, 0.15) is 25.0 Å². The third kappa shape index (κ3) is 3.34. The molecule has 0 aromatic carbocycles. The molecule has 1 atom stereocenters. The van der Waals surface area contributed by atoms with Crippen LogP contribution in [0.2, 0.25) is 0 Å². The van der Waals surface area contributed by atoms with Crippen molar-refractivity contribution in [3.63, 3.8) is 0 Å². The van der Waals surface area contributed by atoms with Gasteiger partial charge in [-0.1, -0.05) is 0 Å². The van der Waals surface area contributed by atoms with Crippen molar-refractivity contribution in [3.05, 3.63) is 28.3 Å². The smallest absolute Gasteiger partial charge is 0.226 e. The van der Waals surface area contributed by atoms with Crippen LogP contribution >= 0.6 is 0 Å². The molecule has 1 unspecified atom stereocenters. The van der Waals surface area contributed by atoms with Crippen molar-refractivity contribution in [2.75, 3.05) is 20.1 Å². The average Bonchev–Trinajstić information content (AvgIpc) is 2.62. The lowest BCUT2D eigenvalue weighted by atomic mass is 10.1. The van der Waals surface area contributed by atoms with Crippen LogP contribution in [0.4, 0.5) is 0 Å². The first-order chi connectivity index (χ1) is 8.66. The van der Waals surface area contributed by atoms with Crippen molar-refractivity contribution in [2.24, 2.45) is 0 Å². The van der Waals surface area contributed by atoms with Gasteiger partial charge in [-0.15, -0.1) is 0 Å². The highest BCUT2D eigenvalue weighted by molar-refractivity contribution is 5.15. The summed E-state index contributed by atoms with van der Waals surface area (Å²) in [7, 11) is 2.04. The van der Waals surface area contributed by atoms with Crippen molar-refractivity contribution >= 4 is 0 Å². The van der Waals surface area contributed by atoms with Crippen molar-refractivity contribution in [1.29, 1.82) is 0 Å². The number of nitrogens with one attached hydrogen (secondary N) is 1. The molecule has 1 aliphatic rings. The molecule has 100 valence electrons. The summed E-state index contributed by atoms with van der Waals surface area (Å²) in [6, 6.07) is 1.87. The Morgan fingerprint density at radius 3 is 3.11 bits per heavy atom. The van der Waals surface area contributed by atoms with Gasteiger partial charge < -0.3 is 14.8 Å². The molecule has 1 aromatic heterocycles. The van der Waals surface area contributed by atoms with Crippen LogP contribution in [0.3, 0.4) is 0 Å². The quantitative estimate of drug-likeness (QED) is 0.837. The van der Waals surface area contributed by atoms with Crippen LogP contribution in [0.15, 0.2) is 21.5 Å². The highest BCUT2D eigenvalue weighted by Crippen LogP contribution is 2.15. The first-order valence-corrected chi connectivity index (χ1v) is 6.38. The zero-order valence-electron chi connectivity index (χ0n) is 10.7. The fourth-order valence-electron chi connectivity index (χ4n) is 2.34. The van der Waals surface area contributed by atoms with E-state index in [0.717, 1.165) is 32.2 Å².